The Hall–Kier alpha value is -1.66. The van der Waals surface area contributed by atoms with E-state index in [1.165, 1.54) is 0 Å². The molecule has 0 atom stereocenters. The zero-order valence-electron chi connectivity index (χ0n) is 12.2. The normalized spacial score (nSPS) is 11.5. The molecule has 7 heteroatoms. The smallest absolute Gasteiger partial charge is 0.247 e. The molecule has 112 valence electrons. The molecular weight excluding hydrogens is 310 g/mol. The number of halogens is 1. The minimum Gasteiger partial charge on any atom is -0.247 e. The van der Waals surface area contributed by atoms with Crippen molar-refractivity contribution in [3.63, 3.8) is 0 Å². The van der Waals surface area contributed by atoms with Gasteiger partial charge in [0.05, 0.1) is 4.90 Å². The van der Waals surface area contributed by atoms with Crippen molar-refractivity contribution < 1.29 is 8.42 Å². The highest BCUT2D eigenvalue weighted by Crippen LogP contribution is 2.23. The molecule has 0 spiro atoms. The second-order valence-corrected chi connectivity index (χ2v) is 7.00. The van der Waals surface area contributed by atoms with Crippen LogP contribution >= 0.6 is 11.6 Å². The summed E-state index contributed by atoms with van der Waals surface area (Å²) in [5.74, 6) is -0.0284. The standard InChI is InChI=1S/C14H16ClN3O2S/c1-8-5-9(2)13(10(3)6-8)21(19,20)18-14-16-11(4)7-12(15)17-14/h5-7H,1-4H3,(H,16,17,18). The van der Waals surface area contributed by atoms with Crippen molar-refractivity contribution in [2.75, 3.05) is 4.72 Å². The summed E-state index contributed by atoms with van der Waals surface area (Å²) in [5, 5.41) is 0.192. The molecule has 5 nitrogen and oxygen atoms in total. The van der Waals surface area contributed by atoms with Crippen LogP contribution in [0, 0.1) is 27.7 Å². The van der Waals surface area contributed by atoms with E-state index in [4.69, 9.17) is 11.6 Å². The lowest BCUT2D eigenvalue weighted by Gasteiger charge is -2.13. The maximum absolute atomic E-state index is 12.5. The minimum atomic E-state index is -3.76. The van der Waals surface area contributed by atoms with Gasteiger partial charge in [-0.1, -0.05) is 29.3 Å². The Balaban J connectivity index is 2.48. The van der Waals surface area contributed by atoms with Gasteiger partial charge in [0.15, 0.2) is 0 Å². The van der Waals surface area contributed by atoms with Gasteiger partial charge in [-0.3, -0.25) is 0 Å². The van der Waals surface area contributed by atoms with Crippen LogP contribution in [-0.4, -0.2) is 18.4 Å². The van der Waals surface area contributed by atoms with Crippen LogP contribution in [-0.2, 0) is 10.0 Å². The first-order chi connectivity index (χ1) is 9.69. The van der Waals surface area contributed by atoms with Gasteiger partial charge in [-0.15, -0.1) is 0 Å². The number of aromatic nitrogens is 2. The van der Waals surface area contributed by atoms with Crippen LogP contribution in [0.2, 0.25) is 5.15 Å². The number of hydrogen-bond donors (Lipinski definition) is 1. The van der Waals surface area contributed by atoms with Gasteiger partial charge in [-0.25, -0.2) is 23.1 Å². The fraction of sp³-hybridized carbons (Fsp3) is 0.286. The molecule has 0 saturated heterocycles. The van der Waals surface area contributed by atoms with E-state index in [0.29, 0.717) is 16.8 Å². The fourth-order valence-corrected chi connectivity index (χ4v) is 3.97. The molecule has 0 aliphatic carbocycles. The van der Waals surface area contributed by atoms with Gasteiger partial charge in [0.25, 0.3) is 10.0 Å². The molecule has 0 bridgehead atoms. The summed E-state index contributed by atoms with van der Waals surface area (Å²) in [7, 11) is -3.76. The van der Waals surface area contributed by atoms with Gasteiger partial charge in [-0.2, -0.15) is 0 Å². The van der Waals surface area contributed by atoms with E-state index in [9.17, 15) is 8.42 Å². The quantitative estimate of drug-likeness (QED) is 0.880. The Morgan fingerprint density at radius 1 is 1.00 bits per heavy atom. The number of hydrogen-bond acceptors (Lipinski definition) is 4. The molecule has 0 saturated carbocycles. The number of benzene rings is 1. The van der Waals surface area contributed by atoms with E-state index in [-0.39, 0.29) is 16.0 Å². The van der Waals surface area contributed by atoms with Gasteiger partial charge >= 0.3 is 0 Å². The minimum absolute atomic E-state index is 0.0284. The molecule has 2 rings (SSSR count). The molecule has 0 fully saturated rings. The average Bonchev–Trinajstić information content (AvgIpc) is 2.23. The van der Waals surface area contributed by atoms with Gasteiger partial charge in [0.1, 0.15) is 5.15 Å². The summed E-state index contributed by atoms with van der Waals surface area (Å²) in [6.07, 6.45) is 0. The molecule has 0 aliphatic rings. The first-order valence-electron chi connectivity index (χ1n) is 6.31. The van der Waals surface area contributed by atoms with E-state index in [1.807, 2.05) is 19.1 Å². The molecule has 21 heavy (non-hydrogen) atoms. The second kappa shape index (κ2) is 5.61. The van der Waals surface area contributed by atoms with Gasteiger partial charge < -0.3 is 0 Å². The SMILES string of the molecule is Cc1cc(C)c(S(=O)(=O)Nc2nc(C)cc(Cl)n2)c(C)c1. The van der Waals surface area contributed by atoms with Crippen LogP contribution < -0.4 is 4.72 Å². The third-order valence-electron chi connectivity index (χ3n) is 2.92. The lowest BCUT2D eigenvalue weighted by Crippen LogP contribution is -2.18. The Bertz CT molecular complexity index is 761. The molecule has 1 aromatic heterocycles. The summed E-state index contributed by atoms with van der Waals surface area (Å²) < 4.78 is 27.5. The van der Waals surface area contributed by atoms with Crippen molar-refractivity contribution in [3.05, 3.63) is 45.7 Å². The third kappa shape index (κ3) is 3.51. The molecule has 0 aliphatic heterocycles. The van der Waals surface area contributed by atoms with E-state index in [0.717, 1.165) is 5.56 Å². The summed E-state index contributed by atoms with van der Waals surface area (Å²) in [6, 6.07) is 5.21. The predicted octanol–water partition coefficient (Wildman–Crippen LogP) is 3.16. The number of nitrogens with zero attached hydrogens (tertiary/aromatic N) is 2. The monoisotopic (exact) mass is 325 g/mol. The molecule has 0 amide bonds. The van der Waals surface area contributed by atoms with Crippen LogP contribution in [0.3, 0.4) is 0 Å². The van der Waals surface area contributed by atoms with E-state index in [2.05, 4.69) is 14.7 Å². The zero-order valence-corrected chi connectivity index (χ0v) is 13.8. The average molecular weight is 326 g/mol. The van der Waals surface area contributed by atoms with E-state index >= 15 is 0 Å². The highest BCUT2D eigenvalue weighted by molar-refractivity contribution is 7.92. The summed E-state index contributed by atoms with van der Waals surface area (Å²) in [6.45, 7) is 7.16. The van der Waals surface area contributed by atoms with Crippen molar-refractivity contribution in [2.24, 2.45) is 0 Å². The van der Waals surface area contributed by atoms with Crippen molar-refractivity contribution >= 4 is 27.6 Å². The predicted molar refractivity (Wildman–Crippen MR) is 83.2 cm³/mol. The van der Waals surface area contributed by atoms with E-state index in [1.54, 1.807) is 26.8 Å². The number of anilines is 1. The summed E-state index contributed by atoms with van der Waals surface area (Å²) in [4.78, 5) is 8.17. The Labute approximate surface area is 129 Å². The van der Waals surface area contributed by atoms with Crippen LogP contribution in [0.1, 0.15) is 22.4 Å². The van der Waals surface area contributed by atoms with Crippen molar-refractivity contribution in [2.45, 2.75) is 32.6 Å². The molecule has 1 N–H and O–H groups in total. The van der Waals surface area contributed by atoms with Crippen molar-refractivity contribution in [3.8, 4) is 0 Å². The number of rotatable bonds is 3. The second-order valence-electron chi connectivity index (χ2n) is 4.99. The zero-order chi connectivity index (χ0) is 15.8. The maximum atomic E-state index is 12.5. The lowest BCUT2D eigenvalue weighted by atomic mass is 10.1. The number of aryl methyl sites for hydroxylation is 4. The molecule has 1 aromatic carbocycles. The van der Waals surface area contributed by atoms with Crippen LogP contribution in [0.25, 0.3) is 0 Å². The van der Waals surface area contributed by atoms with Crippen LogP contribution in [0.4, 0.5) is 5.95 Å². The molecule has 0 radical (unpaired) electrons. The highest BCUT2D eigenvalue weighted by Gasteiger charge is 2.21. The number of nitrogens with one attached hydrogen (secondary N) is 1. The lowest BCUT2D eigenvalue weighted by molar-refractivity contribution is 0.599. The summed E-state index contributed by atoms with van der Waals surface area (Å²) >= 11 is 5.82. The Kier molecular flexibility index (Phi) is 4.20. The van der Waals surface area contributed by atoms with Crippen molar-refractivity contribution in [1.82, 2.24) is 9.97 Å². The third-order valence-corrected chi connectivity index (χ3v) is 4.75. The maximum Gasteiger partial charge on any atom is 0.264 e. The van der Waals surface area contributed by atoms with E-state index < -0.39 is 10.0 Å². The van der Waals surface area contributed by atoms with Crippen LogP contribution in [0.5, 0.6) is 0 Å². The molecule has 0 unspecified atom stereocenters. The first-order valence-corrected chi connectivity index (χ1v) is 8.17. The largest absolute Gasteiger partial charge is 0.264 e. The van der Waals surface area contributed by atoms with Gasteiger partial charge in [0, 0.05) is 5.69 Å². The molecular formula is C14H16ClN3O2S. The van der Waals surface area contributed by atoms with Gasteiger partial charge in [0.2, 0.25) is 5.95 Å². The van der Waals surface area contributed by atoms with Crippen LogP contribution in [0.15, 0.2) is 23.1 Å². The topological polar surface area (TPSA) is 72.0 Å². The summed E-state index contributed by atoms with van der Waals surface area (Å²) in [5.41, 5.74) is 2.96. The fourth-order valence-electron chi connectivity index (χ4n) is 2.34. The molecule has 2 aromatic rings. The molecule has 1 heterocycles. The van der Waals surface area contributed by atoms with Gasteiger partial charge in [-0.05, 0) is 44.9 Å². The Morgan fingerprint density at radius 3 is 2.10 bits per heavy atom. The highest BCUT2D eigenvalue weighted by atomic mass is 35.5. The van der Waals surface area contributed by atoms with Crippen molar-refractivity contribution in [1.29, 1.82) is 0 Å². The Morgan fingerprint density at radius 2 is 1.57 bits per heavy atom. The first kappa shape index (κ1) is 15.7. The number of sulfonamides is 1.